The van der Waals surface area contributed by atoms with Crippen molar-refractivity contribution in [3.63, 3.8) is 0 Å². The van der Waals surface area contributed by atoms with Gasteiger partial charge in [0.1, 0.15) is 0 Å². The Hall–Kier alpha value is -1.06. The summed E-state index contributed by atoms with van der Waals surface area (Å²) in [5.74, 6) is -1.68. The second kappa shape index (κ2) is 5.32. The van der Waals surface area contributed by atoms with E-state index in [-0.39, 0.29) is 5.41 Å². The van der Waals surface area contributed by atoms with Crippen molar-refractivity contribution in [3.8, 4) is 0 Å². The zero-order chi connectivity index (χ0) is 12.2. The fourth-order valence-corrected chi connectivity index (χ4v) is 2.76. The monoisotopic (exact) mass is 228 g/mol. The van der Waals surface area contributed by atoms with Gasteiger partial charge in [-0.05, 0) is 24.7 Å². The maximum atomic E-state index is 11.7. The van der Waals surface area contributed by atoms with Gasteiger partial charge in [-0.15, -0.1) is 0 Å². The van der Waals surface area contributed by atoms with Crippen LogP contribution in [-0.2, 0) is 19.1 Å². The number of methoxy groups -OCH3 is 2. The number of hydrogen-bond acceptors (Lipinski definition) is 4. The standard InChI is InChI=1S/C12H20O4/c1-4-12(7-5-6-8-12)9(10(13)15-2)11(14)16-3/h9H,4-8H2,1-3H3. The van der Waals surface area contributed by atoms with Crippen LogP contribution >= 0.6 is 0 Å². The summed E-state index contributed by atoms with van der Waals surface area (Å²) in [5, 5.41) is 0. The lowest BCUT2D eigenvalue weighted by molar-refractivity contribution is -0.166. The number of carbonyl (C=O) groups excluding carboxylic acids is 2. The third-order valence-corrected chi connectivity index (χ3v) is 3.79. The zero-order valence-corrected chi connectivity index (χ0v) is 10.2. The number of carbonyl (C=O) groups is 2. The highest BCUT2D eigenvalue weighted by molar-refractivity contribution is 5.95. The normalized spacial score (nSPS) is 18.5. The van der Waals surface area contributed by atoms with Crippen LogP contribution < -0.4 is 0 Å². The maximum Gasteiger partial charge on any atom is 0.320 e. The molecule has 0 radical (unpaired) electrons. The third kappa shape index (κ3) is 2.20. The van der Waals surface area contributed by atoms with Crippen molar-refractivity contribution in [1.29, 1.82) is 0 Å². The molecule has 1 rings (SSSR count). The summed E-state index contributed by atoms with van der Waals surface area (Å²) in [6.45, 7) is 2.02. The van der Waals surface area contributed by atoms with Crippen molar-refractivity contribution in [1.82, 2.24) is 0 Å². The van der Waals surface area contributed by atoms with Gasteiger partial charge in [-0.3, -0.25) is 9.59 Å². The van der Waals surface area contributed by atoms with Crippen LogP contribution in [-0.4, -0.2) is 26.2 Å². The van der Waals surface area contributed by atoms with Crippen LogP contribution in [0.4, 0.5) is 0 Å². The van der Waals surface area contributed by atoms with Crippen molar-refractivity contribution in [2.45, 2.75) is 39.0 Å². The van der Waals surface area contributed by atoms with Gasteiger partial charge in [-0.1, -0.05) is 19.8 Å². The molecule has 0 saturated heterocycles. The number of esters is 2. The molecule has 0 aliphatic heterocycles. The van der Waals surface area contributed by atoms with E-state index >= 15 is 0 Å². The molecule has 1 saturated carbocycles. The Morgan fingerprint density at radius 2 is 1.56 bits per heavy atom. The largest absolute Gasteiger partial charge is 0.468 e. The topological polar surface area (TPSA) is 52.6 Å². The molecule has 1 aliphatic carbocycles. The van der Waals surface area contributed by atoms with Gasteiger partial charge in [-0.25, -0.2) is 0 Å². The fourth-order valence-electron chi connectivity index (χ4n) is 2.76. The summed E-state index contributed by atoms with van der Waals surface area (Å²) in [4.78, 5) is 23.5. The van der Waals surface area contributed by atoms with Crippen LogP contribution in [0.1, 0.15) is 39.0 Å². The lowest BCUT2D eigenvalue weighted by Gasteiger charge is -2.32. The van der Waals surface area contributed by atoms with E-state index in [1.54, 1.807) is 0 Å². The number of ether oxygens (including phenoxy) is 2. The average Bonchev–Trinajstić information content (AvgIpc) is 2.78. The van der Waals surface area contributed by atoms with Crippen LogP contribution in [0.3, 0.4) is 0 Å². The molecule has 0 aromatic carbocycles. The SMILES string of the molecule is CCC1(C(C(=O)OC)C(=O)OC)CCCC1. The molecule has 4 heteroatoms. The first kappa shape index (κ1) is 13.0. The van der Waals surface area contributed by atoms with Gasteiger partial charge in [0.15, 0.2) is 5.92 Å². The second-order valence-corrected chi connectivity index (χ2v) is 4.40. The molecule has 4 nitrogen and oxygen atoms in total. The quantitative estimate of drug-likeness (QED) is 0.545. The van der Waals surface area contributed by atoms with Gasteiger partial charge >= 0.3 is 11.9 Å². The first-order valence-electron chi connectivity index (χ1n) is 5.77. The van der Waals surface area contributed by atoms with E-state index in [2.05, 4.69) is 0 Å². The Labute approximate surface area is 96.3 Å². The van der Waals surface area contributed by atoms with Crippen molar-refractivity contribution >= 4 is 11.9 Å². The van der Waals surface area contributed by atoms with Gasteiger partial charge < -0.3 is 9.47 Å². The molecule has 0 spiro atoms. The Morgan fingerprint density at radius 1 is 1.12 bits per heavy atom. The van der Waals surface area contributed by atoms with Crippen LogP contribution in [0, 0.1) is 11.3 Å². The Kier molecular flexibility index (Phi) is 4.33. The summed E-state index contributed by atoms with van der Waals surface area (Å²) in [6.07, 6.45) is 4.75. The van der Waals surface area contributed by atoms with Crippen LogP contribution in [0.15, 0.2) is 0 Å². The van der Waals surface area contributed by atoms with Crippen LogP contribution in [0.5, 0.6) is 0 Å². The molecule has 92 valence electrons. The van der Waals surface area contributed by atoms with E-state index in [0.717, 1.165) is 32.1 Å². The molecule has 0 heterocycles. The highest BCUT2D eigenvalue weighted by Crippen LogP contribution is 2.47. The minimum Gasteiger partial charge on any atom is -0.468 e. The van der Waals surface area contributed by atoms with E-state index in [4.69, 9.17) is 9.47 Å². The molecule has 0 N–H and O–H groups in total. The molecule has 16 heavy (non-hydrogen) atoms. The van der Waals surface area contributed by atoms with Gasteiger partial charge in [-0.2, -0.15) is 0 Å². The van der Waals surface area contributed by atoms with Gasteiger partial charge in [0, 0.05) is 0 Å². The summed E-state index contributed by atoms with van der Waals surface area (Å²) in [5.41, 5.74) is -0.250. The molecular weight excluding hydrogens is 208 g/mol. The zero-order valence-electron chi connectivity index (χ0n) is 10.2. The molecule has 0 bridgehead atoms. The van der Waals surface area contributed by atoms with Gasteiger partial charge in [0.05, 0.1) is 14.2 Å². The van der Waals surface area contributed by atoms with E-state index in [0.29, 0.717) is 0 Å². The Bertz CT molecular complexity index is 250. The first-order chi connectivity index (χ1) is 7.61. The molecule has 0 atom stereocenters. The van der Waals surface area contributed by atoms with Crippen molar-refractivity contribution < 1.29 is 19.1 Å². The molecule has 1 fully saturated rings. The Morgan fingerprint density at radius 3 is 1.88 bits per heavy atom. The van der Waals surface area contributed by atoms with Crippen molar-refractivity contribution in [3.05, 3.63) is 0 Å². The fraction of sp³-hybridized carbons (Fsp3) is 0.833. The molecule has 0 amide bonds. The first-order valence-corrected chi connectivity index (χ1v) is 5.77. The highest BCUT2D eigenvalue weighted by Gasteiger charge is 2.49. The number of hydrogen-bond donors (Lipinski definition) is 0. The van der Waals surface area contributed by atoms with E-state index < -0.39 is 17.9 Å². The lowest BCUT2D eigenvalue weighted by atomic mass is 9.71. The summed E-state index contributed by atoms with van der Waals surface area (Å²) in [7, 11) is 2.63. The van der Waals surface area contributed by atoms with E-state index in [1.165, 1.54) is 14.2 Å². The second-order valence-electron chi connectivity index (χ2n) is 4.40. The van der Waals surface area contributed by atoms with Crippen molar-refractivity contribution in [2.24, 2.45) is 11.3 Å². The maximum absolute atomic E-state index is 11.7. The number of rotatable bonds is 4. The van der Waals surface area contributed by atoms with Crippen molar-refractivity contribution in [2.75, 3.05) is 14.2 Å². The highest BCUT2D eigenvalue weighted by atomic mass is 16.5. The molecule has 0 aromatic heterocycles. The summed E-state index contributed by atoms with van der Waals surface area (Å²) in [6, 6.07) is 0. The third-order valence-electron chi connectivity index (χ3n) is 3.79. The van der Waals surface area contributed by atoms with E-state index in [9.17, 15) is 9.59 Å². The summed E-state index contributed by atoms with van der Waals surface area (Å²) < 4.78 is 9.47. The minimum atomic E-state index is -0.755. The predicted molar refractivity (Wildman–Crippen MR) is 58.7 cm³/mol. The Balaban J connectivity index is 2.98. The van der Waals surface area contributed by atoms with Crippen LogP contribution in [0.25, 0.3) is 0 Å². The van der Waals surface area contributed by atoms with Gasteiger partial charge in [0.25, 0.3) is 0 Å². The van der Waals surface area contributed by atoms with Gasteiger partial charge in [0.2, 0.25) is 0 Å². The average molecular weight is 228 g/mol. The lowest BCUT2D eigenvalue weighted by Crippen LogP contribution is -2.40. The molecule has 1 aliphatic rings. The van der Waals surface area contributed by atoms with Crippen LogP contribution in [0.2, 0.25) is 0 Å². The smallest absolute Gasteiger partial charge is 0.320 e. The predicted octanol–water partition coefficient (Wildman–Crippen LogP) is 1.92. The summed E-state index contributed by atoms with van der Waals surface area (Å²) >= 11 is 0. The van der Waals surface area contributed by atoms with E-state index in [1.807, 2.05) is 6.92 Å². The minimum absolute atomic E-state index is 0.250. The molecule has 0 aromatic rings. The molecular formula is C12H20O4. The molecule has 0 unspecified atom stereocenters.